The van der Waals surface area contributed by atoms with Crippen LogP contribution in [0.4, 0.5) is 0 Å². The Kier molecular flexibility index (Phi) is 7.23. The Bertz CT molecular complexity index is 2560. The van der Waals surface area contributed by atoms with E-state index in [2.05, 4.69) is 137 Å². The number of rotatable bonds is 5. The highest BCUT2D eigenvalue weighted by molar-refractivity contribution is 6.22. The number of pyridine rings is 2. The molecule has 0 aliphatic rings. The third-order valence-corrected chi connectivity index (χ3v) is 8.88. The number of nitriles is 2. The molecule has 0 unspecified atom stereocenters. The number of hydrogen-bond donors (Lipinski definition) is 0. The van der Waals surface area contributed by atoms with E-state index >= 15 is 0 Å². The molecule has 0 saturated carbocycles. The number of aromatic nitrogens is 2. The molecule has 0 radical (unpaired) electrons. The Morgan fingerprint density at radius 1 is 0.354 bits per heavy atom. The molecule has 8 rings (SSSR count). The summed E-state index contributed by atoms with van der Waals surface area (Å²) in [5, 5.41) is 23.9. The predicted molar refractivity (Wildman–Crippen MR) is 194 cm³/mol. The Morgan fingerprint density at radius 2 is 0.792 bits per heavy atom. The summed E-state index contributed by atoms with van der Waals surface area (Å²) < 4.78 is 0. The topological polar surface area (TPSA) is 73.4 Å². The maximum absolute atomic E-state index is 9.68. The van der Waals surface area contributed by atoms with Gasteiger partial charge in [0.1, 0.15) is 12.1 Å². The fourth-order valence-electron chi connectivity index (χ4n) is 6.65. The Balaban J connectivity index is 1.37. The monoisotopic (exact) mass is 610 g/mol. The van der Waals surface area contributed by atoms with E-state index in [4.69, 9.17) is 0 Å². The molecule has 0 aliphatic heterocycles. The zero-order valence-electron chi connectivity index (χ0n) is 25.8. The molecule has 0 aliphatic carbocycles. The van der Waals surface area contributed by atoms with Gasteiger partial charge in [-0.3, -0.25) is 9.97 Å². The van der Waals surface area contributed by atoms with Gasteiger partial charge in [-0.15, -0.1) is 0 Å². The third-order valence-electron chi connectivity index (χ3n) is 8.88. The lowest BCUT2D eigenvalue weighted by Crippen LogP contribution is -1.93. The zero-order chi connectivity index (χ0) is 32.5. The maximum atomic E-state index is 9.68. The van der Waals surface area contributed by atoms with Gasteiger partial charge in [0.05, 0.1) is 22.5 Å². The van der Waals surface area contributed by atoms with Gasteiger partial charge < -0.3 is 0 Å². The van der Waals surface area contributed by atoms with Crippen LogP contribution in [0.15, 0.2) is 158 Å². The highest BCUT2D eigenvalue weighted by atomic mass is 14.7. The molecule has 2 aromatic heterocycles. The maximum Gasteiger partial charge on any atom is 0.101 e. The van der Waals surface area contributed by atoms with Crippen LogP contribution in [0, 0.1) is 22.7 Å². The molecule has 2 heterocycles. The van der Waals surface area contributed by atoms with E-state index in [9.17, 15) is 10.5 Å². The molecule has 0 bridgehead atoms. The van der Waals surface area contributed by atoms with Crippen molar-refractivity contribution in [2.45, 2.75) is 0 Å². The molecular weight excluding hydrogens is 585 g/mol. The van der Waals surface area contributed by atoms with Gasteiger partial charge in [0.15, 0.2) is 0 Å². The smallest absolute Gasteiger partial charge is 0.101 e. The fourth-order valence-corrected chi connectivity index (χ4v) is 6.65. The highest BCUT2D eigenvalue weighted by Gasteiger charge is 2.18. The van der Waals surface area contributed by atoms with E-state index in [-0.39, 0.29) is 0 Å². The Hall–Kier alpha value is -6.88. The summed E-state index contributed by atoms with van der Waals surface area (Å²) in [6.45, 7) is 0. The lowest BCUT2D eigenvalue weighted by molar-refractivity contribution is 1.30. The average molecular weight is 611 g/mol. The Labute approximate surface area is 278 Å². The van der Waals surface area contributed by atoms with Gasteiger partial charge in [-0.1, -0.05) is 115 Å². The van der Waals surface area contributed by atoms with Gasteiger partial charge in [0.2, 0.25) is 0 Å². The van der Waals surface area contributed by atoms with Crippen LogP contribution >= 0.6 is 0 Å². The molecule has 0 spiro atoms. The van der Waals surface area contributed by atoms with Crippen LogP contribution in [0.5, 0.6) is 0 Å². The summed E-state index contributed by atoms with van der Waals surface area (Å²) in [6, 6.07) is 54.2. The molecule has 0 fully saturated rings. The van der Waals surface area contributed by atoms with E-state index in [1.165, 1.54) is 0 Å². The van der Waals surface area contributed by atoms with Crippen LogP contribution in [-0.4, -0.2) is 9.97 Å². The molecule has 8 aromatic rings. The summed E-state index contributed by atoms with van der Waals surface area (Å²) in [6.07, 6.45) is 3.44. The largest absolute Gasteiger partial charge is 0.255 e. The van der Waals surface area contributed by atoms with E-state index in [1.54, 1.807) is 36.7 Å². The van der Waals surface area contributed by atoms with Gasteiger partial charge in [-0.25, -0.2) is 0 Å². The van der Waals surface area contributed by atoms with E-state index in [1.807, 2.05) is 6.07 Å². The van der Waals surface area contributed by atoms with Crippen molar-refractivity contribution in [2.24, 2.45) is 0 Å². The molecule has 6 aromatic carbocycles. The second-order valence-corrected chi connectivity index (χ2v) is 11.6. The fraction of sp³-hybridized carbons (Fsp3) is 0. The SMILES string of the molecule is N#Cc1cccnc1-c1ccc(-c2c3ccccc3c(-c3ccc(-c4ncccc4C#N)cc3)c3cc(-c4ccccc4)ccc23)cc1. The van der Waals surface area contributed by atoms with Crippen molar-refractivity contribution in [1.82, 2.24) is 9.97 Å². The molecule has 0 amide bonds. The van der Waals surface area contributed by atoms with Crippen molar-refractivity contribution in [2.75, 3.05) is 0 Å². The van der Waals surface area contributed by atoms with Crippen molar-refractivity contribution in [3.05, 3.63) is 169 Å². The molecule has 0 saturated heterocycles. The molecule has 4 nitrogen and oxygen atoms in total. The van der Waals surface area contributed by atoms with Crippen LogP contribution < -0.4 is 0 Å². The van der Waals surface area contributed by atoms with Crippen molar-refractivity contribution in [3.8, 4) is 68.0 Å². The van der Waals surface area contributed by atoms with Crippen LogP contribution in [0.3, 0.4) is 0 Å². The highest BCUT2D eigenvalue weighted by Crippen LogP contribution is 2.45. The minimum absolute atomic E-state index is 0.552. The first-order valence-corrected chi connectivity index (χ1v) is 15.7. The normalized spacial score (nSPS) is 10.9. The first-order valence-electron chi connectivity index (χ1n) is 15.7. The van der Waals surface area contributed by atoms with Gasteiger partial charge in [-0.05, 0) is 85.3 Å². The van der Waals surface area contributed by atoms with Crippen molar-refractivity contribution < 1.29 is 0 Å². The lowest BCUT2D eigenvalue weighted by atomic mass is 9.84. The standard InChI is InChI=1S/C44H26N4/c45-27-35-10-6-24-47-43(35)32-18-14-30(15-19-32)41-37-12-4-5-13-38(37)42(40-26-34(22-23-39(40)41)29-8-2-1-3-9-29)31-16-20-33(21-17-31)44-36(28-46)11-7-25-48-44/h1-26H. The van der Waals surface area contributed by atoms with E-state index < -0.39 is 0 Å². The van der Waals surface area contributed by atoms with E-state index in [0.29, 0.717) is 22.5 Å². The lowest BCUT2D eigenvalue weighted by Gasteiger charge is -2.19. The first kappa shape index (κ1) is 28.6. The molecular formula is C44H26N4. The summed E-state index contributed by atoms with van der Waals surface area (Å²) in [7, 11) is 0. The molecule has 0 N–H and O–H groups in total. The van der Waals surface area contributed by atoms with Crippen molar-refractivity contribution in [3.63, 3.8) is 0 Å². The number of nitrogens with zero attached hydrogens (tertiary/aromatic N) is 4. The second-order valence-electron chi connectivity index (χ2n) is 11.6. The first-order chi connectivity index (χ1) is 23.7. The summed E-state index contributed by atoms with van der Waals surface area (Å²) in [5.74, 6) is 0. The van der Waals surface area contributed by atoms with Gasteiger partial charge in [0.25, 0.3) is 0 Å². The Morgan fingerprint density at radius 3 is 1.31 bits per heavy atom. The zero-order valence-corrected chi connectivity index (χ0v) is 25.8. The second kappa shape index (κ2) is 12.1. The van der Waals surface area contributed by atoms with Crippen LogP contribution in [0.1, 0.15) is 11.1 Å². The number of fused-ring (bicyclic) bond motifs is 2. The number of benzene rings is 6. The van der Waals surface area contributed by atoms with Crippen LogP contribution in [0.2, 0.25) is 0 Å². The summed E-state index contributed by atoms with van der Waals surface area (Å²) in [5.41, 5.74) is 11.0. The molecule has 4 heteroatoms. The number of hydrogen-bond acceptors (Lipinski definition) is 4. The van der Waals surface area contributed by atoms with Crippen molar-refractivity contribution >= 4 is 21.5 Å². The molecule has 48 heavy (non-hydrogen) atoms. The van der Waals surface area contributed by atoms with Gasteiger partial charge in [0, 0.05) is 23.5 Å². The van der Waals surface area contributed by atoms with Gasteiger partial charge in [-0.2, -0.15) is 10.5 Å². The third kappa shape index (κ3) is 4.95. The average Bonchev–Trinajstić information content (AvgIpc) is 3.17. The van der Waals surface area contributed by atoms with Crippen LogP contribution in [0.25, 0.3) is 77.4 Å². The van der Waals surface area contributed by atoms with Crippen LogP contribution in [-0.2, 0) is 0 Å². The minimum atomic E-state index is 0.552. The quantitative estimate of drug-likeness (QED) is 0.182. The molecule has 0 atom stereocenters. The summed E-state index contributed by atoms with van der Waals surface area (Å²) >= 11 is 0. The predicted octanol–water partition coefficient (Wildman–Crippen LogP) is 10.9. The molecule has 222 valence electrons. The van der Waals surface area contributed by atoms with E-state index in [0.717, 1.165) is 66.1 Å². The van der Waals surface area contributed by atoms with Gasteiger partial charge >= 0.3 is 0 Å². The van der Waals surface area contributed by atoms with Crippen molar-refractivity contribution in [1.29, 1.82) is 10.5 Å². The minimum Gasteiger partial charge on any atom is -0.255 e. The summed E-state index contributed by atoms with van der Waals surface area (Å²) in [4.78, 5) is 9.00.